The number of benzene rings is 3. The molecule has 3 aromatic carbocycles. The zero-order chi connectivity index (χ0) is 34.2. The molecule has 0 bridgehead atoms. The predicted molar refractivity (Wildman–Crippen MR) is 172 cm³/mol. The number of carboxylic acid groups (broad SMARTS) is 1. The second kappa shape index (κ2) is 15.1. The molecule has 2 aromatic heterocycles. The fourth-order valence-corrected chi connectivity index (χ4v) is 5.00. The number of nitrogens with zero attached hydrogens (tertiary/aromatic N) is 5. The van der Waals surface area contributed by atoms with Gasteiger partial charge in [0.1, 0.15) is 23.9 Å². The van der Waals surface area contributed by atoms with Crippen molar-refractivity contribution in [3.8, 4) is 5.75 Å². The lowest BCUT2D eigenvalue weighted by Crippen LogP contribution is -2.37. The van der Waals surface area contributed by atoms with Crippen LogP contribution in [-0.4, -0.2) is 48.1 Å². The van der Waals surface area contributed by atoms with Gasteiger partial charge in [-0.05, 0) is 69.2 Å². The van der Waals surface area contributed by atoms with Gasteiger partial charge in [0.2, 0.25) is 5.82 Å². The summed E-state index contributed by atoms with van der Waals surface area (Å²) in [6, 6.07) is 16.5. The summed E-state index contributed by atoms with van der Waals surface area (Å²) < 4.78 is 25.7. The molecule has 47 heavy (non-hydrogen) atoms. The molecule has 0 fully saturated rings. The van der Waals surface area contributed by atoms with E-state index in [4.69, 9.17) is 14.1 Å². The third-order valence-electron chi connectivity index (χ3n) is 7.28. The number of carbonyl (C=O) groups excluding carboxylic acids is 1. The highest BCUT2D eigenvalue weighted by atomic mass is 19.1. The van der Waals surface area contributed by atoms with E-state index in [9.17, 15) is 29.2 Å². The lowest BCUT2D eigenvalue weighted by atomic mass is 10.2. The predicted octanol–water partition coefficient (Wildman–Crippen LogP) is 6.88. The number of ether oxygens (including phenoxy) is 1. The van der Waals surface area contributed by atoms with E-state index in [1.165, 1.54) is 12.1 Å². The van der Waals surface area contributed by atoms with Gasteiger partial charge in [0, 0.05) is 38.9 Å². The number of amides is 1. The smallest absolute Gasteiger partial charge is 0.416 e. The molecule has 13 heteroatoms. The Morgan fingerprint density at radius 1 is 1.00 bits per heavy atom. The Bertz CT molecular complexity index is 1900. The van der Waals surface area contributed by atoms with Gasteiger partial charge in [-0.2, -0.15) is 4.39 Å². The summed E-state index contributed by atoms with van der Waals surface area (Å²) in [5, 5.41) is 19.5. The molecular weight excluding hydrogens is 609 g/mol. The summed E-state index contributed by atoms with van der Waals surface area (Å²) in [6.07, 6.45) is 0.703. The van der Waals surface area contributed by atoms with Gasteiger partial charge in [-0.15, -0.1) is 0 Å². The van der Waals surface area contributed by atoms with Crippen molar-refractivity contribution in [2.45, 2.75) is 60.5 Å². The highest BCUT2D eigenvalue weighted by Crippen LogP contribution is 2.22. The highest BCUT2D eigenvalue weighted by Gasteiger charge is 2.21. The molecule has 0 aliphatic heterocycles. The normalized spacial score (nSPS) is 10.8. The van der Waals surface area contributed by atoms with Crippen molar-refractivity contribution in [2.75, 3.05) is 6.54 Å². The maximum absolute atomic E-state index is 12.8. The minimum atomic E-state index is -1.12. The molecule has 0 spiro atoms. The van der Waals surface area contributed by atoms with Crippen LogP contribution in [0.5, 0.6) is 5.75 Å². The van der Waals surface area contributed by atoms with Crippen molar-refractivity contribution in [3.05, 3.63) is 116 Å². The Hall–Kier alpha value is -5.59. The molecule has 1 amide bonds. The van der Waals surface area contributed by atoms with E-state index >= 15 is 0 Å². The molecule has 0 radical (unpaired) electrons. The van der Waals surface area contributed by atoms with Crippen molar-refractivity contribution in [3.63, 3.8) is 0 Å². The monoisotopic (exact) mass is 645 g/mol. The van der Waals surface area contributed by atoms with Crippen LogP contribution in [0.1, 0.15) is 46.8 Å². The van der Waals surface area contributed by atoms with Crippen LogP contribution in [0.3, 0.4) is 0 Å². The molecule has 5 aromatic rings. The average Bonchev–Trinajstić information content (AvgIpc) is 3.54. The largest absolute Gasteiger partial charge is 0.480 e. The number of aromatic nitrogens is 3. The molecule has 0 unspecified atom stereocenters. The molecule has 246 valence electrons. The van der Waals surface area contributed by atoms with Crippen LogP contribution in [-0.2, 0) is 30.7 Å². The third-order valence-corrected chi connectivity index (χ3v) is 7.28. The Morgan fingerprint density at radius 3 is 2.30 bits per heavy atom. The summed E-state index contributed by atoms with van der Waals surface area (Å²) in [5.74, 6) is 0.868. The van der Waals surface area contributed by atoms with Crippen LogP contribution < -0.4 is 4.74 Å². The second-order valence-corrected chi connectivity index (χ2v) is 11.0. The summed E-state index contributed by atoms with van der Waals surface area (Å²) in [5.41, 5.74) is 4.71. The van der Waals surface area contributed by atoms with Crippen molar-refractivity contribution in [1.29, 1.82) is 0 Å². The van der Waals surface area contributed by atoms with Gasteiger partial charge >= 0.3 is 17.7 Å². The lowest BCUT2D eigenvalue weighted by Gasteiger charge is -2.20. The maximum atomic E-state index is 12.8. The quantitative estimate of drug-likeness (QED) is 0.126. The van der Waals surface area contributed by atoms with Gasteiger partial charge in [0.25, 0.3) is 0 Å². The highest BCUT2D eigenvalue weighted by molar-refractivity contribution is 5.79. The average molecular weight is 646 g/mol. The number of oxazole rings is 1. The number of halogens is 1. The maximum Gasteiger partial charge on any atom is 0.416 e. The van der Waals surface area contributed by atoms with E-state index in [1.54, 1.807) is 19.1 Å². The summed E-state index contributed by atoms with van der Waals surface area (Å²) in [7, 11) is 0. The van der Waals surface area contributed by atoms with Gasteiger partial charge in [-0.1, -0.05) is 29.8 Å². The van der Waals surface area contributed by atoms with Crippen molar-refractivity contribution >= 4 is 28.8 Å². The topological polar surface area (TPSA) is 154 Å². The van der Waals surface area contributed by atoms with Crippen LogP contribution in [0.25, 0.3) is 11.0 Å². The molecule has 0 saturated heterocycles. The standard InChI is InChI=1S/C27H30N4O5.C7H6FNO2/c1-5-31-24-12-8-20(14-23(24)29-25(31)13-11-22-18(3)35-19(4)28-22)15-30(16-26(32)33)27(34)36-21-9-6-17(2)7-10-21;1-5-2-3-6(8)7(4-5)9(10)11/h6-10,12,14H,5,11,13,15-16H2,1-4H3,(H,32,33);2-4H,1H3. The number of fused-ring (bicyclic) bond motifs is 1. The van der Waals surface area contributed by atoms with Crippen LogP contribution in [0.15, 0.2) is 65.1 Å². The number of aliphatic carboxylic acids is 1. The Balaban J connectivity index is 0.000000385. The van der Waals surface area contributed by atoms with Gasteiger partial charge in [-0.3, -0.25) is 19.8 Å². The van der Waals surface area contributed by atoms with Crippen molar-refractivity contribution < 1.29 is 33.2 Å². The molecule has 1 N–H and O–H groups in total. The van der Waals surface area contributed by atoms with Crippen LogP contribution in [0.2, 0.25) is 0 Å². The number of aryl methyl sites for hydroxylation is 7. The van der Waals surface area contributed by atoms with E-state index in [-0.39, 0.29) is 6.54 Å². The first-order chi connectivity index (χ1) is 22.3. The molecule has 0 aliphatic rings. The van der Waals surface area contributed by atoms with Crippen molar-refractivity contribution in [1.82, 2.24) is 19.4 Å². The summed E-state index contributed by atoms with van der Waals surface area (Å²) in [4.78, 5) is 44.1. The first kappa shape index (κ1) is 34.3. The van der Waals surface area contributed by atoms with E-state index in [0.717, 1.165) is 63.4 Å². The summed E-state index contributed by atoms with van der Waals surface area (Å²) >= 11 is 0. The molecular formula is C34H36FN5O7. The van der Waals surface area contributed by atoms with E-state index < -0.39 is 35.0 Å². The summed E-state index contributed by atoms with van der Waals surface area (Å²) in [6.45, 7) is 9.79. The minimum absolute atomic E-state index is 0.0820. The number of hydrogen-bond acceptors (Lipinski definition) is 8. The molecule has 2 heterocycles. The van der Waals surface area contributed by atoms with Gasteiger partial charge in [0.15, 0.2) is 5.89 Å². The number of imidazole rings is 1. The number of carbonyl (C=O) groups is 2. The Morgan fingerprint density at radius 2 is 1.70 bits per heavy atom. The van der Waals surface area contributed by atoms with E-state index in [1.807, 2.05) is 51.1 Å². The Kier molecular flexibility index (Phi) is 11.0. The van der Waals surface area contributed by atoms with Crippen LogP contribution >= 0.6 is 0 Å². The molecule has 0 atom stereocenters. The Labute approximate surface area is 270 Å². The molecule has 0 saturated carbocycles. The fraction of sp³-hybridized carbons (Fsp3) is 0.294. The zero-order valence-electron chi connectivity index (χ0n) is 26.8. The lowest BCUT2D eigenvalue weighted by molar-refractivity contribution is -0.387. The van der Waals surface area contributed by atoms with Gasteiger partial charge in [0.05, 0.1) is 21.7 Å². The number of rotatable bonds is 10. The van der Waals surface area contributed by atoms with Gasteiger partial charge < -0.3 is 18.8 Å². The number of nitro groups is 1. The first-order valence-electron chi connectivity index (χ1n) is 14.9. The SMILES string of the molecule is CCn1c(CCc2nc(C)oc2C)nc2cc(CN(CC(=O)O)C(=O)Oc3ccc(C)cc3)ccc21.Cc1ccc(F)c([N+](=O)[O-])c1. The number of hydrogen-bond donors (Lipinski definition) is 1. The third kappa shape index (κ3) is 9.00. The van der Waals surface area contributed by atoms with Gasteiger partial charge in [-0.25, -0.2) is 14.8 Å². The van der Waals surface area contributed by atoms with E-state index in [2.05, 4.69) is 16.5 Å². The van der Waals surface area contributed by atoms with E-state index in [0.29, 0.717) is 23.6 Å². The molecule has 0 aliphatic carbocycles. The van der Waals surface area contributed by atoms with Crippen LogP contribution in [0, 0.1) is 43.6 Å². The van der Waals surface area contributed by atoms with Crippen LogP contribution in [0.4, 0.5) is 14.9 Å². The number of nitro benzene ring substituents is 1. The first-order valence-corrected chi connectivity index (χ1v) is 14.9. The fourth-order valence-electron chi connectivity index (χ4n) is 5.00. The molecule has 12 nitrogen and oxygen atoms in total. The number of carboxylic acids is 1. The minimum Gasteiger partial charge on any atom is -0.480 e. The zero-order valence-corrected chi connectivity index (χ0v) is 26.8. The van der Waals surface area contributed by atoms with Crippen molar-refractivity contribution in [2.24, 2.45) is 0 Å². The molecule has 5 rings (SSSR count). The second-order valence-electron chi connectivity index (χ2n) is 11.0.